The molecule has 0 spiro atoms. The molecule has 0 amide bonds. The molecule has 7 nitrogen and oxygen atoms in total. The van der Waals surface area contributed by atoms with Crippen LogP contribution in [0.2, 0.25) is 0 Å². The van der Waals surface area contributed by atoms with Gasteiger partial charge in [-0.2, -0.15) is 0 Å². The van der Waals surface area contributed by atoms with Crippen LogP contribution in [0.3, 0.4) is 0 Å². The van der Waals surface area contributed by atoms with Crippen LogP contribution in [0, 0.1) is 11.8 Å². The summed E-state index contributed by atoms with van der Waals surface area (Å²) in [5, 5.41) is 0. The van der Waals surface area contributed by atoms with Crippen LogP contribution >= 0.6 is 0 Å². The van der Waals surface area contributed by atoms with Gasteiger partial charge in [-0.3, -0.25) is 9.59 Å². The van der Waals surface area contributed by atoms with Crippen LogP contribution in [0.4, 0.5) is 0 Å². The molecular weight excluding hydrogens is 544 g/mol. The van der Waals surface area contributed by atoms with Crippen LogP contribution in [0.5, 0.6) is 0 Å². The van der Waals surface area contributed by atoms with E-state index in [4.69, 9.17) is 23.7 Å². The number of carbonyl (C=O) groups excluding carboxylic acids is 2. The molecule has 0 aromatic heterocycles. The van der Waals surface area contributed by atoms with Crippen molar-refractivity contribution in [1.29, 1.82) is 0 Å². The number of ether oxygens (including phenoxy) is 5. The van der Waals surface area contributed by atoms with Gasteiger partial charge in [-0.1, -0.05) is 104 Å². The standard InChI is InChI=1S/C36H62O7/c1-3-5-7-13-19-29-31(41-29)21-15-9-11-17-23-39-35(37)27-25-33-34(43-33)26-28(27)36(38)40-24-18-12-10-16-22-32-30(42-32)20-14-8-6-4-2/h27-34H,3-26H2,1-2H3. The van der Waals surface area contributed by atoms with Crippen LogP contribution in [0.25, 0.3) is 0 Å². The Hall–Kier alpha value is -1.18. The molecule has 1 saturated carbocycles. The highest BCUT2D eigenvalue weighted by Crippen LogP contribution is 2.44. The average molecular weight is 607 g/mol. The first-order chi connectivity index (χ1) is 21.1. The lowest BCUT2D eigenvalue weighted by molar-refractivity contribution is -0.162. The molecule has 4 aliphatic rings. The fourth-order valence-corrected chi connectivity index (χ4v) is 7.02. The van der Waals surface area contributed by atoms with Crippen molar-refractivity contribution in [2.45, 2.75) is 192 Å². The van der Waals surface area contributed by atoms with Gasteiger partial charge in [0.2, 0.25) is 0 Å². The van der Waals surface area contributed by atoms with E-state index in [2.05, 4.69) is 13.8 Å². The summed E-state index contributed by atoms with van der Waals surface area (Å²) in [4.78, 5) is 25.9. The molecule has 43 heavy (non-hydrogen) atoms. The van der Waals surface area contributed by atoms with E-state index in [0.29, 0.717) is 50.5 Å². The van der Waals surface area contributed by atoms with Crippen molar-refractivity contribution in [1.82, 2.24) is 0 Å². The number of epoxide rings is 3. The Morgan fingerprint density at radius 1 is 0.488 bits per heavy atom. The molecule has 3 heterocycles. The van der Waals surface area contributed by atoms with Gasteiger partial charge in [-0.25, -0.2) is 0 Å². The maximum Gasteiger partial charge on any atom is 0.309 e. The highest BCUT2D eigenvalue weighted by molar-refractivity contribution is 5.82. The molecule has 0 radical (unpaired) electrons. The molecule has 3 saturated heterocycles. The molecule has 0 aromatic rings. The van der Waals surface area contributed by atoms with E-state index >= 15 is 0 Å². The number of unbranched alkanes of at least 4 members (excludes halogenated alkanes) is 12. The number of rotatable bonds is 26. The number of carbonyl (C=O) groups is 2. The summed E-state index contributed by atoms with van der Waals surface area (Å²) in [7, 11) is 0. The van der Waals surface area contributed by atoms with Gasteiger partial charge in [-0.15, -0.1) is 0 Å². The molecule has 7 heteroatoms. The molecule has 248 valence electrons. The van der Waals surface area contributed by atoms with Gasteiger partial charge >= 0.3 is 11.9 Å². The second kappa shape index (κ2) is 19.4. The van der Waals surface area contributed by atoms with E-state index < -0.39 is 11.8 Å². The topological polar surface area (TPSA) is 90.2 Å². The second-order valence-electron chi connectivity index (χ2n) is 13.8. The summed E-state index contributed by atoms with van der Waals surface area (Å²) in [5.74, 6) is -1.38. The molecule has 1 aliphatic carbocycles. The van der Waals surface area contributed by atoms with Gasteiger partial charge in [0, 0.05) is 0 Å². The minimum atomic E-state index is -0.439. The predicted molar refractivity (Wildman–Crippen MR) is 168 cm³/mol. The highest BCUT2D eigenvalue weighted by Gasteiger charge is 2.53. The smallest absolute Gasteiger partial charge is 0.309 e. The van der Waals surface area contributed by atoms with Gasteiger partial charge in [0.05, 0.1) is 61.7 Å². The Morgan fingerprint density at radius 2 is 0.837 bits per heavy atom. The summed E-state index contributed by atoms with van der Waals surface area (Å²) in [5.41, 5.74) is 0. The molecule has 0 bridgehead atoms. The molecular formula is C36H62O7. The zero-order chi connectivity index (χ0) is 30.3. The summed E-state index contributed by atoms with van der Waals surface area (Å²) < 4.78 is 28.6. The monoisotopic (exact) mass is 606 g/mol. The molecule has 0 N–H and O–H groups in total. The zero-order valence-electron chi connectivity index (χ0n) is 27.4. The fraction of sp³-hybridized carbons (Fsp3) is 0.944. The fourth-order valence-electron chi connectivity index (χ4n) is 7.02. The van der Waals surface area contributed by atoms with E-state index in [-0.39, 0.29) is 24.1 Å². The van der Waals surface area contributed by atoms with Crippen molar-refractivity contribution in [2.24, 2.45) is 11.8 Å². The average Bonchev–Trinajstić information content (AvgIpc) is 3.92. The van der Waals surface area contributed by atoms with Crippen molar-refractivity contribution < 1.29 is 33.3 Å². The summed E-state index contributed by atoms with van der Waals surface area (Å²) in [6, 6.07) is 0. The molecule has 8 atom stereocenters. The minimum Gasteiger partial charge on any atom is -0.465 e. The second-order valence-corrected chi connectivity index (χ2v) is 13.8. The first kappa shape index (κ1) is 34.7. The Labute approximate surface area is 261 Å². The molecule has 8 unspecified atom stereocenters. The first-order valence-electron chi connectivity index (χ1n) is 18.4. The molecule has 3 aliphatic heterocycles. The van der Waals surface area contributed by atoms with E-state index in [1.807, 2.05) is 0 Å². The third-order valence-electron chi connectivity index (χ3n) is 10.1. The normalized spacial score (nSPS) is 30.5. The maximum atomic E-state index is 12.9. The van der Waals surface area contributed by atoms with E-state index in [1.54, 1.807) is 0 Å². The Morgan fingerprint density at radius 3 is 1.21 bits per heavy atom. The molecule has 4 rings (SSSR count). The van der Waals surface area contributed by atoms with Crippen LogP contribution in [-0.4, -0.2) is 61.8 Å². The van der Waals surface area contributed by atoms with E-state index in [0.717, 1.165) is 51.4 Å². The first-order valence-corrected chi connectivity index (χ1v) is 18.4. The van der Waals surface area contributed by atoms with Gasteiger partial charge in [0.15, 0.2) is 0 Å². The van der Waals surface area contributed by atoms with Gasteiger partial charge in [-0.05, 0) is 51.4 Å². The van der Waals surface area contributed by atoms with E-state index in [1.165, 1.54) is 77.0 Å². The summed E-state index contributed by atoms with van der Waals surface area (Å²) in [6.07, 6.45) is 27.1. The number of esters is 2. The Balaban J connectivity index is 0.983. The minimum absolute atomic E-state index is 0.105. The van der Waals surface area contributed by atoms with Crippen LogP contribution in [0.15, 0.2) is 0 Å². The van der Waals surface area contributed by atoms with Gasteiger partial charge in [0.25, 0.3) is 0 Å². The largest absolute Gasteiger partial charge is 0.465 e. The Bertz CT molecular complexity index is 738. The van der Waals surface area contributed by atoms with Crippen molar-refractivity contribution in [3.8, 4) is 0 Å². The maximum absolute atomic E-state index is 12.9. The third kappa shape index (κ3) is 13.0. The summed E-state index contributed by atoms with van der Waals surface area (Å²) in [6.45, 7) is 5.35. The van der Waals surface area contributed by atoms with Crippen LogP contribution < -0.4 is 0 Å². The van der Waals surface area contributed by atoms with Crippen molar-refractivity contribution in [2.75, 3.05) is 13.2 Å². The third-order valence-corrected chi connectivity index (χ3v) is 10.1. The zero-order valence-corrected chi connectivity index (χ0v) is 27.4. The Kier molecular flexibility index (Phi) is 15.6. The van der Waals surface area contributed by atoms with Crippen molar-refractivity contribution >= 4 is 11.9 Å². The lowest BCUT2D eigenvalue weighted by atomic mass is 9.79. The molecule has 4 fully saturated rings. The number of hydrogen-bond acceptors (Lipinski definition) is 7. The van der Waals surface area contributed by atoms with Crippen LogP contribution in [-0.2, 0) is 33.3 Å². The van der Waals surface area contributed by atoms with Crippen molar-refractivity contribution in [3.05, 3.63) is 0 Å². The SMILES string of the molecule is CCCCCCC1OC1CCCCCCOC(=O)C1CC2OC2CC1C(=O)OCCCCCCC1OC1CCCCCC. The summed E-state index contributed by atoms with van der Waals surface area (Å²) >= 11 is 0. The predicted octanol–water partition coefficient (Wildman–Crippen LogP) is 8.24. The lowest BCUT2D eigenvalue weighted by Crippen LogP contribution is -2.37. The van der Waals surface area contributed by atoms with Gasteiger partial charge in [0.1, 0.15) is 0 Å². The number of fused-ring (bicyclic) bond motifs is 1. The highest BCUT2D eigenvalue weighted by atomic mass is 16.6. The quantitative estimate of drug-likeness (QED) is 0.0556. The van der Waals surface area contributed by atoms with E-state index in [9.17, 15) is 9.59 Å². The lowest BCUT2D eigenvalue weighted by Gasteiger charge is -2.26. The van der Waals surface area contributed by atoms with Crippen LogP contribution in [0.1, 0.15) is 155 Å². The van der Waals surface area contributed by atoms with Crippen molar-refractivity contribution in [3.63, 3.8) is 0 Å². The van der Waals surface area contributed by atoms with Gasteiger partial charge < -0.3 is 23.7 Å². The molecule has 0 aromatic carbocycles. The number of hydrogen-bond donors (Lipinski definition) is 0.